The Morgan fingerprint density at radius 3 is 0.821 bits per heavy atom. The second-order valence-corrected chi connectivity index (χ2v) is 13.8. The van der Waals surface area contributed by atoms with Gasteiger partial charge in [-0.15, -0.1) is 0 Å². The van der Waals surface area contributed by atoms with Crippen LogP contribution in [0.15, 0.2) is 0 Å². The maximum atomic E-state index is 3.86. The molecule has 236 valence electrons. The molecule has 0 aliphatic rings. The van der Waals surface area contributed by atoms with Crippen molar-refractivity contribution < 1.29 is 0 Å². The van der Waals surface area contributed by atoms with Gasteiger partial charge in [0.15, 0.2) is 0 Å². The molecule has 39 heavy (non-hydrogen) atoms. The molecular weight excluding hydrogens is 470 g/mol. The molecule has 0 fully saturated rings. The summed E-state index contributed by atoms with van der Waals surface area (Å²) in [6.45, 7) is 10.7. The van der Waals surface area contributed by atoms with Crippen molar-refractivity contribution in [3.63, 3.8) is 0 Å². The summed E-state index contributed by atoms with van der Waals surface area (Å²) < 4.78 is 0. The van der Waals surface area contributed by atoms with E-state index in [0.717, 1.165) is 0 Å². The van der Waals surface area contributed by atoms with E-state index in [2.05, 4.69) is 33.0 Å². The van der Waals surface area contributed by atoms with Crippen LogP contribution in [-0.2, 0) is 0 Å². The van der Waals surface area contributed by atoms with E-state index in [-0.39, 0.29) is 0 Å². The highest BCUT2D eigenvalue weighted by molar-refractivity contribution is 4.77. The summed E-state index contributed by atoms with van der Waals surface area (Å²) in [4.78, 5) is 0. The van der Waals surface area contributed by atoms with Gasteiger partial charge in [0.1, 0.15) is 0 Å². The van der Waals surface area contributed by atoms with E-state index >= 15 is 0 Å². The van der Waals surface area contributed by atoms with Gasteiger partial charge >= 0.3 is 0 Å². The van der Waals surface area contributed by atoms with Crippen molar-refractivity contribution >= 4 is 0 Å². The van der Waals surface area contributed by atoms with Gasteiger partial charge in [0.05, 0.1) is 0 Å². The van der Waals surface area contributed by atoms with Crippen molar-refractivity contribution in [3.05, 3.63) is 0 Å². The molecule has 0 aromatic rings. The van der Waals surface area contributed by atoms with E-state index in [9.17, 15) is 0 Å². The minimum atomic E-state index is 0.325. The summed E-state index contributed by atoms with van der Waals surface area (Å²) >= 11 is 0. The first-order valence-electron chi connectivity index (χ1n) is 18.9. The lowest BCUT2D eigenvalue weighted by atomic mass is 9.95. The van der Waals surface area contributed by atoms with Gasteiger partial charge in [0.25, 0.3) is 0 Å². The van der Waals surface area contributed by atoms with Gasteiger partial charge in [-0.25, -0.2) is 0 Å². The topological polar surface area (TPSA) is 12.0 Å². The van der Waals surface area contributed by atoms with Crippen molar-refractivity contribution in [1.29, 1.82) is 0 Å². The first kappa shape index (κ1) is 39.0. The van der Waals surface area contributed by atoms with E-state index in [1.54, 1.807) is 0 Å². The third kappa shape index (κ3) is 34.1. The first-order chi connectivity index (χ1) is 19.1. The van der Waals surface area contributed by atoms with E-state index in [1.807, 2.05) is 0 Å². The Bertz CT molecular complexity index is 428. The Kier molecular flexibility index (Phi) is 32.4. The van der Waals surface area contributed by atoms with Crippen molar-refractivity contribution in [1.82, 2.24) is 5.32 Å². The second-order valence-electron chi connectivity index (χ2n) is 13.8. The SMILES string of the molecule is CCCCCCCCCCCCCCCCCCNC(C)(C)CCCCCCCCCCCCCCCCC. The molecule has 0 atom stereocenters. The Hall–Kier alpha value is -0.0400. The van der Waals surface area contributed by atoms with Crippen molar-refractivity contribution in [2.24, 2.45) is 0 Å². The largest absolute Gasteiger partial charge is 0.312 e. The summed E-state index contributed by atoms with van der Waals surface area (Å²) in [6.07, 6.45) is 46.4. The van der Waals surface area contributed by atoms with Gasteiger partial charge in [-0.2, -0.15) is 0 Å². The Morgan fingerprint density at radius 1 is 0.308 bits per heavy atom. The van der Waals surface area contributed by atoms with Gasteiger partial charge < -0.3 is 5.32 Å². The molecule has 0 saturated heterocycles. The molecule has 0 saturated carbocycles. The van der Waals surface area contributed by atoms with Crippen LogP contribution < -0.4 is 5.32 Å². The van der Waals surface area contributed by atoms with Crippen molar-refractivity contribution in [3.8, 4) is 0 Å². The normalized spacial score (nSPS) is 12.0. The van der Waals surface area contributed by atoms with Crippen LogP contribution in [0.1, 0.15) is 233 Å². The van der Waals surface area contributed by atoms with Crippen LogP contribution >= 0.6 is 0 Å². The summed E-state index contributed by atoms with van der Waals surface area (Å²) in [6, 6.07) is 0. The lowest BCUT2D eigenvalue weighted by Gasteiger charge is -2.26. The second kappa shape index (κ2) is 32.5. The van der Waals surface area contributed by atoms with Gasteiger partial charge in [-0.1, -0.05) is 206 Å². The summed E-state index contributed by atoms with van der Waals surface area (Å²) in [5, 5.41) is 3.86. The molecule has 0 aliphatic carbocycles. The highest BCUT2D eigenvalue weighted by atomic mass is 14.9. The summed E-state index contributed by atoms with van der Waals surface area (Å²) in [5.74, 6) is 0. The van der Waals surface area contributed by atoms with Gasteiger partial charge in [-0.05, 0) is 33.2 Å². The zero-order chi connectivity index (χ0) is 28.5. The van der Waals surface area contributed by atoms with Crippen molar-refractivity contribution in [2.45, 2.75) is 239 Å². The van der Waals surface area contributed by atoms with Crippen LogP contribution in [0.5, 0.6) is 0 Å². The average Bonchev–Trinajstić information content (AvgIpc) is 2.92. The third-order valence-corrected chi connectivity index (χ3v) is 9.04. The first-order valence-corrected chi connectivity index (χ1v) is 18.9. The van der Waals surface area contributed by atoms with Gasteiger partial charge in [-0.3, -0.25) is 0 Å². The van der Waals surface area contributed by atoms with Crippen LogP contribution in [0.3, 0.4) is 0 Å². The standard InChI is InChI=1S/C38H79N/c1-5-7-9-11-13-15-17-19-21-23-25-27-29-31-33-35-37-39-38(3,4)36-34-32-30-28-26-24-22-20-18-16-14-12-10-8-6-2/h39H,5-37H2,1-4H3. The van der Waals surface area contributed by atoms with Gasteiger partial charge in [0, 0.05) is 5.54 Å². The highest BCUT2D eigenvalue weighted by Gasteiger charge is 2.15. The number of nitrogens with one attached hydrogen (secondary N) is 1. The quantitative estimate of drug-likeness (QED) is 0.0787. The Morgan fingerprint density at radius 2 is 0.538 bits per heavy atom. The number of rotatable bonds is 34. The average molecular weight is 550 g/mol. The monoisotopic (exact) mass is 550 g/mol. The van der Waals surface area contributed by atoms with Crippen LogP contribution in [0, 0.1) is 0 Å². The fourth-order valence-corrected chi connectivity index (χ4v) is 6.13. The molecule has 1 heteroatoms. The van der Waals surface area contributed by atoms with Crippen LogP contribution in [0.25, 0.3) is 0 Å². The predicted octanol–water partition coefficient (Wildman–Crippen LogP) is 13.9. The molecular formula is C38H79N. The molecule has 1 N–H and O–H groups in total. The molecule has 0 aromatic heterocycles. The summed E-state index contributed by atoms with van der Waals surface area (Å²) in [5.41, 5.74) is 0.325. The summed E-state index contributed by atoms with van der Waals surface area (Å²) in [7, 11) is 0. The van der Waals surface area contributed by atoms with Crippen LogP contribution in [0.4, 0.5) is 0 Å². The van der Waals surface area contributed by atoms with E-state index in [4.69, 9.17) is 0 Å². The van der Waals surface area contributed by atoms with E-state index in [0.29, 0.717) is 5.54 Å². The number of unbranched alkanes of at least 4 members (excludes halogenated alkanes) is 29. The smallest absolute Gasteiger partial charge is 0.0125 e. The molecule has 0 spiro atoms. The molecule has 0 unspecified atom stereocenters. The maximum Gasteiger partial charge on any atom is 0.0125 e. The maximum absolute atomic E-state index is 3.86. The zero-order valence-corrected chi connectivity index (χ0v) is 28.3. The number of hydrogen-bond donors (Lipinski definition) is 1. The lowest BCUT2D eigenvalue weighted by Crippen LogP contribution is -2.39. The van der Waals surface area contributed by atoms with Crippen LogP contribution in [0.2, 0.25) is 0 Å². The molecule has 0 amide bonds. The minimum Gasteiger partial charge on any atom is -0.312 e. The third-order valence-electron chi connectivity index (χ3n) is 9.04. The molecule has 0 radical (unpaired) electrons. The molecule has 0 bridgehead atoms. The molecule has 0 aliphatic heterocycles. The predicted molar refractivity (Wildman–Crippen MR) is 181 cm³/mol. The van der Waals surface area contributed by atoms with Crippen LogP contribution in [-0.4, -0.2) is 12.1 Å². The fraction of sp³-hybridized carbons (Fsp3) is 1.00. The molecule has 0 rings (SSSR count). The Balaban J connectivity index is 3.26. The molecule has 0 aromatic carbocycles. The van der Waals surface area contributed by atoms with Gasteiger partial charge in [0.2, 0.25) is 0 Å². The lowest BCUT2D eigenvalue weighted by molar-refractivity contribution is 0.342. The fourth-order valence-electron chi connectivity index (χ4n) is 6.13. The van der Waals surface area contributed by atoms with Crippen molar-refractivity contribution in [2.75, 3.05) is 6.54 Å². The molecule has 1 nitrogen and oxygen atoms in total. The minimum absolute atomic E-state index is 0.325. The Labute approximate surface area is 250 Å². The van der Waals surface area contributed by atoms with E-state index < -0.39 is 0 Å². The molecule has 0 heterocycles. The van der Waals surface area contributed by atoms with E-state index in [1.165, 1.54) is 212 Å². The highest BCUT2D eigenvalue weighted by Crippen LogP contribution is 2.18. The number of hydrogen-bond acceptors (Lipinski definition) is 1. The zero-order valence-electron chi connectivity index (χ0n) is 28.3.